The molecule has 0 fully saturated rings. The largest absolute Gasteiger partial charge is 0.491 e. The number of halogens is 5. The molecule has 0 heterocycles. The molecule has 40 heavy (non-hydrogen) atoms. The van der Waals surface area contributed by atoms with Crippen LogP contribution in [0.5, 0.6) is 5.75 Å². The van der Waals surface area contributed by atoms with Crippen LogP contribution in [0.3, 0.4) is 0 Å². The topological polar surface area (TPSA) is 75.6 Å². The van der Waals surface area contributed by atoms with Gasteiger partial charge in [0, 0.05) is 36.2 Å². The average Bonchev–Trinajstić information content (AvgIpc) is 2.86. The molecule has 5 nitrogen and oxygen atoms in total. The van der Waals surface area contributed by atoms with Gasteiger partial charge in [-0.25, -0.2) is 8.78 Å². The maximum absolute atomic E-state index is 14.8. The van der Waals surface area contributed by atoms with Gasteiger partial charge in [-0.1, -0.05) is 26.0 Å². The van der Waals surface area contributed by atoms with Gasteiger partial charge in [0.05, 0.1) is 17.2 Å². The summed E-state index contributed by atoms with van der Waals surface area (Å²) in [5, 5.41) is 12.0. The number of aliphatic carboxylic acids is 1. The molecule has 2 N–H and O–H groups in total. The number of carbonyl (C=O) groups excluding carboxylic acids is 1. The minimum Gasteiger partial charge on any atom is -0.491 e. The third kappa shape index (κ3) is 8.79. The molecule has 3 aromatic carbocycles. The van der Waals surface area contributed by atoms with E-state index in [4.69, 9.17) is 9.84 Å². The highest BCUT2D eigenvalue weighted by Crippen LogP contribution is 2.34. The highest BCUT2D eigenvalue weighted by Gasteiger charge is 2.30. The highest BCUT2D eigenvalue weighted by molar-refractivity contribution is 5.96. The number of anilines is 1. The van der Waals surface area contributed by atoms with E-state index in [2.05, 4.69) is 5.32 Å². The molecule has 0 amide bonds. The van der Waals surface area contributed by atoms with Gasteiger partial charge in [0.1, 0.15) is 24.0 Å². The van der Waals surface area contributed by atoms with Gasteiger partial charge in [0.15, 0.2) is 5.78 Å². The summed E-state index contributed by atoms with van der Waals surface area (Å²) in [6, 6.07) is 12.0. The lowest BCUT2D eigenvalue weighted by molar-refractivity contribution is -0.138. The molecule has 0 unspecified atom stereocenters. The number of ether oxygens (including phenoxy) is 1. The van der Waals surface area contributed by atoms with Crippen LogP contribution in [0, 0.1) is 17.6 Å². The summed E-state index contributed by atoms with van der Waals surface area (Å²) in [7, 11) is 0. The number of carboxylic acid groups (broad SMARTS) is 1. The van der Waals surface area contributed by atoms with Crippen molar-refractivity contribution >= 4 is 17.4 Å². The van der Waals surface area contributed by atoms with Gasteiger partial charge in [-0.3, -0.25) is 9.59 Å². The zero-order valence-electron chi connectivity index (χ0n) is 22.0. The summed E-state index contributed by atoms with van der Waals surface area (Å²) in [6.45, 7) is 4.07. The first-order valence-electron chi connectivity index (χ1n) is 12.7. The van der Waals surface area contributed by atoms with E-state index in [9.17, 15) is 31.5 Å². The SMILES string of the molecule is CC(C)C[C@@H](COc1cc(F)c(-c2ccc(C(F)(F)F)cc2)c(F)c1)Nc1ccc(C(=O)CCCC(=O)O)cc1. The first kappa shape index (κ1) is 30.6. The number of benzene rings is 3. The van der Waals surface area contributed by atoms with Crippen LogP contribution in [0.15, 0.2) is 60.7 Å². The molecule has 0 radical (unpaired) electrons. The Bertz CT molecular complexity index is 1280. The quantitative estimate of drug-likeness (QED) is 0.163. The molecule has 214 valence electrons. The summed E-state index contributed by atoms with van der Waals surface area (Å²) in [6.07, 6.45) is -3.59. The molecule has 0 aromatic heterocycles. The highest BCUT2D eigenvalue weighted by atomic mass is 19.4. The van der Waals surface area contributed by atoms with Crippen LogP contribution in [-0.2, 0) is 11.0 Å². The van der Waals surface area contributed by atoms with Crippen LogP contribution in [0.1, 0.15) is 55.5 Å². The second-order valence-corrected chi connectivity index (χ2v) is 9.87. The van der Waals surface area contributed by atoms with Crippen molar-refractivity contribution in [3.63, 3.8) is 0 Å². The van der Waals surface area contributed by atoms with Gasteiger partial charge in [-0.2, -0.15) is 13.2 Å². The molecule has 3 rings (SSSR count). The molecule has 3 aromatic rings. The van der Waals surface area contributed by atoms with E-state index in [1.807, 2.05) is 13.8 Å². The number of carboxylic acids is 1. The second-order valence-electron chi connectivity index (χ2n) is 9.87. The molecule has 0 bridgehead atoms. The number of rotatable bonds is 13. The van der Waals surface area contributed by atoms with Crippen LogP contribution in [-0.4, -0.2) is 29.5 Å². The van der Waals surface area contributed by atoms with Crippen molar-refractivity contribution in [2.45, 2.75) is 51.7 Å². The van der Waals surface area contributed by atoms with Crippen LogP contribution in [0.2, 0.25) is 0 Å². The van der Waals surface area contributed by atoms with E-state index in [0.717, 1.165) is 36.4 Å². The summed E-state index contributed by atoms with van der Waals surface area (Å²) >= 11 is 0. The minimum absolute atomic E-state index is 0.0299. The molecule has 0 aliphatic heterocycles. The monoisotopic (exact) mass is 563 g/mol. The van der Waals surface area contributed by atoms with Crippen molar-refractivity contribution in [3.05, 3.63) is 83.4 Å². The summed E-state index contributed by atoms with van der Waals surface area (Å²) in [4.78, 5) is 22.9. The summed E-state index contributed by atoms with van der Waals surface area (Å²) in [5.74, 6) is -2.85. The third-order valence-electron chi connectivity index (χ3n) is 6.10. The number of alkyl halides is 3. The Hall–Kier alpha value is -3.95. The Balaban J connectivity index is 1.66. The van der Waals surface area contributed by atoms with E-state index >= 15 is 0 Å². The fraction of sp³-hybridized carbons (Fsp3) is 0.333. The van der Waals surface area contributed by atoms with Crippen molar-refractivity contribution in [1.29, 1.82) is 0 Å². The Morgan fingerprint density at radius 1 is 0.925 bits per heavy atom. The zero-order valence-corrected chi connectivity index (χ0v) is 22.0. The Morgan fingerprint density at radius 2 is 1.52 bits per heavy atom. The van der Waals surface area contributed by atoms with E-state index < -0.39 is 34.9 Å². The lowest BCUT2D eigenvalue weighted by Crippen LogP contribution is -2.28. The fourth-order valence-corrected chi connectivity index (χ4v) is 4.20. The molecule has 0 aliphatic rings. The number of nitrogens with one attached hydrogen (secondary N) is 1. The van der Waals surface area contributed by atoms with Crippen LogP contribution in [0.25, 0.3) is 11.1 Å². The number of hydrogen-bond donors (Lipinski definition) is 2. The van der Waals surface area contributed by atoms with Crippen molar-refractivity contribution in [1.82, 2.24) is 0 Å². The number of carbonyl (C=O) groups is 2. The van der Waals surface area contributed by atoms with Gasteiger partial charge in [0.25, 0.3) is 0 Å². The minimum atomic E-state index is -4.56. The number of ketones is 1. The van der Waals surface area contributed by atoms with Gasteiger partial charge in [-0.15, -0.1) is 0 Å². The summed E-state index contributed by atoms with van der Waals surface area (Å²) < 4.78 is 73.8. The lowest BCUT2D eigenvalue weighted by atomic mass is 10.0. The Kier molecular flexibility index (Phi) is 10.3. The number of hydrogen-bond acceptors (Lipinski definition) is 4. The Morgan fingerprint density at radius 3 is 2.05 bits per heavy atom. The van der Waals surface area contributed by atoms with E-state index in [-0.39, 0.29) is 54.9 Å². The average molecular weight is 564 g/mol. The molecular weight excluding hydrogens is 533 g/mol. The normalized spacial score (nSPS) is 12.3. The predicted octanol–water partition coefficient (Wildman–Crippen LogP) is 7.99. The smallest absolute Gasteiger partial charge is 0.416 e. The van der Waals surface area contributed by atoms with E-state index in [1.54, 1.807) is 24.3 Å². The maximum atomic E-state index is 14.8. The van der Waals surface area contributed by atoms with Crippen LogP contribution in [0.4, 0.5) is 27.6 Å². The van der Waals surface area contributed by atoms with Gasteiger partial charge < -0.3 is 15.2 Å². The molecule has 1 atom stereocenters. The van der Waals surface area contributed by atoms with Crippen molar-refractivity contribution < 1.29 is 41.4 Å². The van der Waals surface area contributed by atoms with Crippen molar-refractivity contribution in [3.8, 4) is 16.9 Å². The second kappa shape index (κ2) is 13.4. The molecular formula is C30H30F5NO4. The fourth-order valence-electron chi connectivity index (χ4n) is 4.20. The predicted molar refractivity (Wildman–Crippen MR) is 141 cm³/mol. The number of Topliss-reactive ketones (excluding diaryl/α,β-unsaturated/α-hetero) is 1. The molecule has 0 aliphatic carbocycles. The molecule has 0 spiro atoms. The van der Waals surface area contributed by atoms with Gasteiger partial charge in [0.2, 0.25) is 0 Å². The third-order valence-corrected chi connectivity index (χ3v) is 6.10. The van der Waals surface area contributed by atoms with Gasteiger partial charge >= 0.3 is 12.1 Å². The Labute approximate surface area is 229 Å². The van der Waals surface area contributed by atoms with Crippen molar-refractivity contribution in [2.24, 2.45) is 5.92 Å². The van der Waals surface area contributed by atoms with Gasteiger partial charge in [-0.05, 0) is 60.7 Å². The molecule has 0 saturated carbocycles. The summed E-state index contributed by atoms with van der Waals surface area (Å²) in [5.41, 5.74) is -0.232. The first-order chi connectivity index (χ1) is 18.8. The van der Waals surface area contributed by atoms with Crippen molar-refractivity contribution in [2.75, 3.05) is 11.9 Å². The molecule has 0 saturated heterocycles. The van der Waals surface area contributed by atoms with Crippen LogP contribution < -0.4 is 10.1 Å². The van der Waals surface area contributed by atoms with E-state index in [1.165, 1.54) is 0 Å². The molecule has 10 heteroatoms. The maximum Gasteiger partial charge on any atom is 0.416 e. The first-order valence-corrected chi connectivity index (χ1v) is 12.7. The lowest BCUT2D eigenvalue weighted by Gasteiger charge is -2.22. The zero-order chi connectivity index (χ0) is 29.4. The van der Waals surface area contributed by atoms with E-state index in [0.29, 0.717) is 17.7 Å². The standard InChI is InChI=1S/C30H30F5NO4/c1-18(2)14-23(36-22-12-8-19(9-13-22)27(37)4-3-5-28(38)39)17-40-24-15-25(31)29(26(32)16-24)20-6-10-21(11-7-20)30(33,34)35/h6-13,15-16,18,23,36H,3-5,14,17H2,1-2H3,(H,38,39)/t23-/m0/s1. The van der Waals surface area contributed by atoms with Crippen LogP contribution >= 0.6 is 0 Å².